The van der Waals surface area contributed by atoms with Crippen LogP contribution in [0.25, 0.3) is 0 Å². The first kappa shape index (κ1) is 9.91. The van der Waals surface area contributed by atoms with Crippen LogP contribution in [-0.4, -0.2) is 39.0 Å². The van der Waals surface area contributed by atoms with Gasteiger partial charge in [0.2, 0.25) is 0 Å². The summed E-state index contributed by atoms with van der Waals surface area (Å²) in [5.74, 6) is -1.72. The van der Waals surface area contributed by atoms with Gasteiger partial charge >= 0.3 is 11.9 Å². The minimum atomic E-state index is -1.09. The van der Waals surface area contributed by atoms with Crippen molar-refractivity contribution >= 4 is 23.7 Å². The first-order valence-electron chi connectivity index (χ1n) is 3.58. The van der Waals surface area contributed by atoms with Crippen LogP contribution in [0.1, 0.15) is 6.92 Å². The van der Waals surface area contributed by atoms with E-state index in [1.165, 1.54) is 29.0 Å². The van der Waals surface area contributed by atoms with Crippen LogP contribution in [0.5, 0.6) is 0 Å². The number of thioether (sulfide) groups is 1. The van der Waals surface area contributed by atoms with Crippen LogP contribution in [-0.2, 0) is 9.59 Å². The van der Waals surface area contributed by atoms with Crippen LogP contribution in [0, 0.1) is 0 Å². The Labute approximate surface area is 79.0 Å². The highest BCUT2D eigenvalue weighted by Gasteiger charge is 2.29. The van der Waals surface area contributed by atoms with Gasteiger partial charge in [-0.1, -0.05) is 0 Å². The summed E-state index contributed by atoms with van der Waals surface area (Å²) in [6.07, 6.45) is 0. The fourth-order valence-electron chi connectivity index (χ4n) is 0.961. The summed E-state index contributed by atoms with van der Waals surface area (Å²) < 4.78 is 0. The van der Waals surface area contributed by atoms with Gasteiger partial charge in [-0.3, -0.25) is 0 Å². The largest absolute Gasteiger partial charge is 0.480 e. The lowest BCUT2D eigenvalue weighted by molar-refractivity contribution is -0.142. The minimum Gasteiger partial charge on any atom is -0.480 e. The number of aliphatic carboxylic acids is 2. The molecule has 0 saturated carbocycles. The van der Waals surface area contributed by atoms with Crippen LogP contribution in [0.2, 0.25) is 0 Å². The van der Waals surface area contributed by atoms with Crippen molar-refractivity contribution in [1.29, 1.82) is 0 Å². The van der Waals surface area contributed by atoms with Gasteiger partial charge in [-0.25, -0.2) is 9.59 Å². The van der Waals surface area contributed by atoms with Crippen molar-refractivity contribution in [2.75, 3.05) is 5.88 Å². The second kappa shape index (κ2) is 3.69. The molecule has 1 heterocycles. The highest BCUT2D eigenvalue weighted by Crippen LogP contribution is 2.25. The normalized spacial score (nSPS) is 18.2. The number of carbonyl (C=O) groups is 2. The van der Waals surface area contributed by atoms with E-state index < -0.39 is 18.0 Å². The van der Waals surface area contributed by atoms with Crippen molar-refractivity contribution in [1.82, 2.24) is 4.90 Å². The zero-order valence-electron chi connectivity index (χ0n) is 6.93. The van der Waals surface area contributed by atoms with E-state index in [4.69, 9.17) is 10.2 Å². The van der Waals surface area contributed by atoms with E-state index in [0.717, 1.165) is 0 Å². The number of hydrogen-bond donors (Lipinski definition) is 2. The van der Waals surface area contributed by atoms with Crippen molar-refractivity contribution in [3.8, 4) is 0 Å². The van der Waals surface area contributed by atoms with Crippen LogP contribution in [0.4, 0.5) is 0 Å². The molecule has 72 valence electrons. The molecule has 0 fully saturated rings. The van der Waals surface area contributed by atoms with E-state index in [1.54, 1.807) is 0 Å². The topological polar surface area (TPSA) is 77.8 Å². The average molecular weight is 203 g/mol. The summed E-state index contributed by atoms with van der Waals surface area (Å²) in [4.78, 5) is 22.5. The van der Waals surface area contributed by atoms with Gasteiger partial charge in [-0.15, -0.1) is 11.8 Å². The number of carboxylic acids is 2. The Bertz CT molecular complexity index is 276. The van der Waals surface area contributed by atoms with Gasteiger partial charge in [0.05, 0.1) is 5.88 Å². The highest BCUT2D eigenvalue weighted by atomic mass is 32.2. The quantitative estimate of drug-likeness (QED) is 0.691. The average Bonchev–Trinajstić information content (AvgIpc) is 2.50. The maximum atomic E-state index is 10.6. The number of hydrogen-bond acceptors (Lipinski definition) is 4. The molecule has 0 saturated heterocycles. The van der Waals surface area contributed by atoms with Crippen LogP contribution >= 0.6 is 11.8 Å². The van der Waals surface area contributed by atoms with Crippen molar-refractivity contribution in [2.45, 2.75) is 13.0 Å². The zero-order valence-corrected chi connectivity index (χ0v) is 7.74. The number of nitrogens with zero attached hydrogens (tertiary/aromatic N) is 1. The van der Waals surface area contributed by atoms with E-state index in [-0.39, 0.29) is 5.70 Å². The third-order valence-corrected chi connectivity index (χ3v) is 2.58. The van der Waals surface area contributed by atoms with Gasteiger partial charge in [-0.2, -0.15) is 0 Å². The molecular formula is C7H9NO4S. The van der Waals surface area contributed by atoms with Gasteiger partial charge in [-0.05, 0) is 6.92 Å². The van der Waals surface area contributed by atoms with Gasteiger partial charge < -0.3 is 15.1 Å². The van der Waals surface area contributed by atoms with Crippen LogP contribution in [0.15, 0.2) is 11.1 Å². The molecular weight excluding hydrogens is 194 g/mol. The van der Waals surface area contributed by atoms with E-state index in [2.05, 4.69) is 0 Å². The van der Waals surface area contributed by atoms with E-state index in [0.29, 0.717) is 5.88 Å². The SMILES string of the molecule is CC(C(=O)O)N1CSC=C1C(=O)O. The van der Waals surface area contributed by atoms with Gasteiger partial charge in [0.25, 0.3) is 0 Å². The molecule has 0 radical (unpaired) electrons. The summed E-state index contributed by atoms with van der Waals surface area (Å²) in [6, 6.07) is -0.794. The second-order valence-corrected chi connectivity index (χ2v) is 3.42. The first-order valence-corrected chi connectivity index (χ1v) is 4.63. The van der Waals surface area contributed by atoms with Crippen molar-refractivity contribution in [3.63, 3.8) is 0 Å². The summed E-state index contributed by atoms with van der Waals surface area (Å²) >= 11 is 1.28. The first-order chi connectivity index (χ1) is 6.04. The molecule has 0 aromatic rings. The maximum Gasteiger partial charge on any atom is 0.352 e. The molecule has 13 heavy (non-hydrogen) atoms. The molecule has 1 aliphatic heterocycles. The molecule has 6 heteroatoms. The van der Waals surface area contributed by atoms with E-state index in [1.807, 2.05) is 0 Å². The second-order valence-electron chi connectivity index (χ2n) is 2.59. The monoisotopic (exact) mass is 203 g/mol. The summed E-state index contributed by atoms with van der Waals surface area (Å²) in [7, 11) is 0. The standard InChI is InChI=1S/C7H9NO4S/c1-4(6(9)10)8-3-13-2-5(8)7(11)12/h2,4H,3H2,1H3,(H,9,10)(H,11,12). The number of carboxylic acid groups (broad SMARTS) is 2. The minimum absolute atomic E-state index is 0.0555. The lowest BCUT2D eigenvalue weighted by Crippen LogP contribution is -2.38. The van der Waals surface area contributed by atoms with Gasteiger partial charge in [0.1, 0.15) is 11.7 Å². The molecule has 0 aromatic carbocycles. The zero-order chi connectivity index (χ0) is 10.0. The van der Waals surface area contributed by atoms with Crippen LogP contribution < -0.4 is 0 Å². The Morgan fingerprint density at radius 1 is 1.62 bits per heavy atom. The van der Waals surface area contributed by atoms with Gasteiger partial charge in [0, 0.05) is 5.41 Å². The molecule has 1 atom stereocenters. The summed E-state index contributed by atoms with van der Waals surface area (Å²) in [5, 5.41) is 18.8. The number of rotatable bonds is 3. The smallest absolute Gasteiger partial charge is 0.352 e. The van der Waals surface area contributed by atoms with Gasteiger partial charge in [0.15, 0.2) is 0 Å². The third-order valence-electron chi connectivity index (χ3n) is 1.76. The summed E-state index contributed by atoms with van der Waals surface area (Å²) in [6.45, 7) is 1.46. The van der Waals surface area contributed by atoms with Crippen LogP contribution in [0.3, 0.4) is 0 Å². The Kier molecular flexibility index (Phi) is 2.82. The molecule has 0 aromatic heterocycles. The third kappa shape index (κ3) is 1.95. The Morgan fingerprint density at radius 3 is 2.69 bits per heavy atom. The van der Waals surface area contributed by atoms with E-state index >= 15 is 0 Å². The molecule has 0 spiro atoms. The van der Waals surface area contributed by atoms with E-state index in [9.17, 15) is 9.59 Å². The molecule has 1 unspecified atom stereocenters. The summed E-state index contributed by atoms with van der Waals surface area (Å²) in [5.41, 5.74) is 0.0555. The predicted molar refractivity (Wildman–Crippen MR) is 47.1 cm³/mol. The molecule has 1 aliphatic rings. The van der Waals surface area contributed by atoms with Crippen molar-refractivity contribution in [3.05, 3.63) is 11.1 Å². The Hall–Kier alpha value is -1.17. The molecule has 5 nitrogen and oxygen atoms in total. The van der Waals surface area contributed by atoms with Crippen molar-refractivity contribution < 1.29 is 19.8 Å². The lowest BCUT2D eigenvalue weighted by Gasteiger charge is -2.22. The predicted octanol–water partition coefficient (Wildman–Crippen LogP) is 0.392. The highest BCUT2D eigenvalue weighted by molar-refractivity contribution is 8.02. The van der Waals surface area contributed by atoms with Crippen molar-refractivity contribution in [2.24, 2.45) is 0 Å². The molecule has 0 bridgehead atoms. The molecule has 1 rings (SSSR count). The maximum absolute atomic E-state index is 10.6. The molecule has 0 aliphatic carbocycles. The Balaban J connectivity index is 2.77. The fourth-order valence-corrected chi connectivity index (χ4v) is 1.95. The fraction of sp³-hybridized carbons (Fsp3) is 0.429. The molecule has 2 N–H and O–H groups in total. The Morgan fingerprint density at radius 2 is 2.23 bits per heavy atom. The lowest BCUT2D eigenvalue weighted by atomic mass is 10.3. The molecule has 0 amide bonds.